The number of carbonyl (C=O) groups is 1. The Bertz CT molecular complexity index is 627. The molecule has 1 unspecified atom stereocenters. The van der Waals surface area contributed by atoms with Crippen LogP contribution in [0.1, 0.15) is 24.2 Å². The zero-order chi connectivity index (χ0) is 17.4. The number of aliphatic hydroxyl groups excluding tert-OH is 1. The summed E-state index contributed by atoms with van der Waals surface area (Å²) in [7, 11) is 0. The molecule has 3 N–H and O–H groups in total. The Labute approximate surface area is 142 Å². The highest BCUT2D eigenvalue weighted by molar-refractivity contribution is 6.04. The summed E-state index contributed by atoms with van der Waals surface area (Å²) < 4.78 is 5.54. The first-order valence-electron chi connectivity index (χ1n) is 8.05. The van der Waals surface area contributed by atoms with Crippen molar-refractivity contribution in [1.29, 1.82) is 0 Å². The lowest BCUT2D eigenvalue weighted by atomic mass is 10.2. The topological polar surface area (TPSA) is 70.6 Å². The minimum Gasteiger partial charge on any atom is -0.491 e. The maximum Gasteiger partial charge on any atom is 0.255 e. The molecule has 0 aliphatic heterocycles. The van der Waals surface area contributed by atoms with Gasteiger partial charge in [0.1, 0.15) is 18.5 Å². The number of benzene rings is 2. The van der Waals surface area contributed by atoms with Crippen LogP contribution in [0.15, 0.2) is 54.6 Å². The Hall–Kier alpha value is -2.37. The zero-order valence-corrected chi connectivity index (χ0v) is 14.0. The molecule has 2 rings (SSSR count). The van der Waals surface area contributed by atoms with Crippen molar-refractivity contribution in [1.82, 2.24) is 5.32 Å². The molecule has 0 bridgehead atoms. The number of hydrogen-bond donors (Lipinski definition) is 3. The standard InChI is InChI=1S/C19H24N2O3/c1-14(2)20-12-17(22)13-24-18-10-8-16(9-11-18)21-19(23)15-6-4-3-5-7-15/h3-11,14,17,20,22H,12-13H2,1-2H3,(H,21,23). The SMILES string of the molecule is CC(C)NCC(O)COc1ccc(NC(=O)c2ccccc2)cc1. The molecular weight excluding hydrogens is 304 g/mol. The fourth-order valence-corrected chi connectivity index (χ4v) is 2.05. The van der Waals surface area contributed by atoms with Crippen LogP contribution >= 0.6 is 0 Å². The van der Waals surface area contributed by atoms with Crippen LogP contribution in [0.4, 0.5) is 5.69 Å². The average molecular weight is 328 g/mol. The fraction of sp³-hybridized carbons (Fsp3) is 0.316. The Balaban J connectivity index is 1.81. The first kappa shape index (κ1) is 18.0. The molecule has 0 spiro atoms. The maximum atomic E-state index is 12.1. The molecule has 0 aromatic heterocycles. The van der Waals surface area contributed by atoms with E-state index in [-0.39, 0.29) is 12.5 Å². The largest absolute Gasteiger partial charge is 0.491 e. The van der Waals surface area contributed by atoms with Crippen molar-refractivity contribution in [2.24, 2.45) is 0 Å². The van der Waals surface area contributed by atoms with E-state index in [0.29, 0.717) is 29.6 Å². The average Bonchev–Trinajstić information content (AvgIpc) is 2.60. The summed E-state index contributed by atoms with van der Waals surface area (Å²) >= 11 is 0. The van der Waals surface area contributed by atoms with Crippen LogP contribution in [-0.4, -0.2) is 36.3 Å². The lowest BCUT2D eigenvalue weighted by Crippen LogP contribution is -2.35. The molecule has 0 heterocycles. The van der Waals surface area contributed by atoms with Gasteiger partial charge in [0.2, 0.25) is 0 Å². The molecule has 0 saturated heterocycles. The Morgan fingerprint density at radius 3 is 2.38 bits per heavy atom. The van der Waals surface area contributed by atoms with Gasteiger partial charge in [-0.05, 0) is 36.4 Å². The Morgan fingerprint density at radius 2 is 1.75 bits per heavy atom. The second-order valence-electron chi connectivity index (χ2n) is 5.87. The Morgan fingerprint density at radius 1 is 1.08 bits per heavy atom. The van der Waals surface area contributed by atoms with E-state index in [1.165, 1.54) is 0 Å². The minimum absolute atomic E-state index is 0.153. The summed E-state index contributed by atoms with van der Waals surface area (Å²) in [4.78, 5) is 12.1. The molecule has 0 aliphatic carbocycles. The molecule has 0 saturated carbocycles. The number of ether oxygens (including phenoxy) is 1. The van der Waals surface area contributed by atoms with Gasteiger partial charge in [-0.25, -0.2) is 0 Å². The van der Waals surface area contributed by atoms with Crippen molar-refractivity contribution >= 4 is 11.6 Å². The third-order valence-corrected chi connectivity index (χ3v) is 3.35. The fourth-order valence-electron chi connectivity index (χ4n) is 2.05. The molecule has 5 heteroatoms. The number of hydrogen-bond acceptors (Lipinski definition) is 4. The highest BCUT2D eigenvalue weighted by atomic mass is 16.5. The first-order valence-corrected chi connectivity index (χ1v) is 8.05. The normalized spacial score (nSPS) is 12.0. The van der Waals surface area contributed by atoms with Crippen molar-refractivity contribution in [3.8, 4) is 5.75 Å². The quantitative estimate of drug-likeness (QED) is 0.697. The van der Waals surface area contributed by atoms with E-state index in [9.17, 15) is 9.90 Å². The number of carbonyl (C=O) groups excluding carboxylic acids is 1. The number of rotatable bonds is 8. The molecule has 128 valence electrons. The second kappa shape index (κ2) is 9.05. The van der Waals surface area contributed by atoms with Gasteiger partial charge < -0.3 is 20.5 Å². The number of aliphatic hydroxyl groups is 1. The predicted molar refractivity (Wildman–Crippen MR) is 95.5 cm³/mol. The Kier molecular flexibility index (Phi) is 6.78. The highest BCUT2D eigenvalue weighted by Crippen LogP contribution is 2.16. The van der Waals surface area contributed by atoms with Crippen molar-refractivity contribution in [3.63, 3.8) is 0 Å². The molecular formula is C19H24N2O3. The summed E-state index contributed by atoms with van der Waals surface area (Å²) in [6.45, 7) is 4.75. The van der Waals surface area contributed by atoms with Gasteiger partial charge in [-0.15, -0.1) is 0 Å². The van der Waals surface area contributed by atoms with Crippen molar-refractivity contribution in [3.05, 3.63) is 60.2 Å². The maximum absolute atomic E-state index is 12.1. The molecule has 2 aromatic carbocycles. The molecule has 0 aliphatic rings. The molecule has 2 aromatic rings. The lowest BCUT2D eigenvalue weighted by Gasteiger charge is -2.15. The first-order chi connectivity index (χ1) is 11.5. The van der Waals surface area contributed by atoms with Crippen LogP contribution in [0.2, 0.25) is 0 Å². The summed E-state index contributed by atoms with van der Waals surface area (Å²) in [6.07, 6.45) is -0.565. The number of anilines is 1. The van der Waals surface area contributed by atoms with Crippen LogP contribution in [-0.2, 0) is 0 Å². The van der Waals surface area contributed by atoms with Gasteiger partial charge in [0.05, 0.1) is 0 Å². The van der Waals surface area contributed by atoms with E-state index < -0.39 is 6.10 Å². The van der Waals surface area contributed by atoms with Crippen LogP contribution in [0.3, 0.4) is 0 Å². The summed E-state index contributed by atoms with van der Waals surface area (Å²) in [5.41, 5.74) is 1.30. The molecule has 1 atom stereocenters. The van der Waals surface area contributed by atoms with E-state index in [1.54, 1.807) is 36.4 Å². The molecule has 0 fully saturated rings. The minimum atomic E-state index is -0.565. The highest BCUT2D eigenvalue weighted by Gasteiger charge is 2.07. The van der Waals surface area contributed by atoms with Crippen molar-refractivity contribution < 1.29 is 14.6 Å². The van der Waals surface area contributed by atoms with Crippen LogP contribution in [0, 0.1) is 0 Å². The van der Waals surface area contributed by atoms with Crippen LogP contribution in [0.25, 0.3) is 0 Å². The molecule has 1 amide bonds. The van der Waals surface area contributed by atoms with Gasteiger partial charge in [-0.3, -0.25) is 4.79 Å². The lowest BCUT2D eigenvalue weighted by molar-refractivity contribution is 0.102. The van der Waals surface area contributed by atoms with E-state index in [0.717, 1.165) is 0 Å². The van der Waals surface area contributed by atoms with Gasteiger partial charge in [-0.1, -0.05) is 32.0 Å². The van der Waals surface area contributed by atoms with Gasteiger partial charge >= 0.3 is 0 Å². The number of nitrogens with one attached hydrogen (secondary N) is 2. The van der Waals surface area contributed by atoms with E-state index >= 15 is 0 Å². The smallest absolute Gasteiger partial charge is 0.255 e. The summed E-state index contributed by atoms with van der Waals surface area (Å²) in [6, 6.07) is 16.5. The van der Waals surface area contributed by atoms with Gasteiger partial charge in [-0.2, -0.15) is 0 Å². The molecule has 0 radical (unpaired) electrons. The zero-order valence-electron chi connectivity index (χ0n) is 14.0. The third-order valence-electron chi connectivity index (χ3n) is 3.35. The monoisotopic (exact) mass is 328 g/mol. The summed E-state index contributed by atoms with van der Waals surface area (Å²) in [5, 5.41) is 15.8. The van der Waals surface area contributed by atoms with E-state index in [4.69, 9.17) is 4.74 Å². The van der Waals surface area contributed by atoms with Gasteiger partial charge in [0, 0.05) is 23.8 Å². The van der Waals surface area contributed by atoms with Crippen molar-refractivity contribution in [2.45, 2.75) is 26.0 Å². The molecule has 24 heavy (non-hydrogen) atoms. The van der Waals surface area contributed by atoms with E-state index in [1.807, 2.05) is 32.0 Å². The van der Waals surface area contributed by atoms with Crippen molar-refractivity contribution in [2.75, 3.05) is 18.5 Å². The van der Waals surface area contributed by atoms with Gasteiger partial charge in [0.15, 0.2) is 0 Å². The molecule has 5 nitrogen and oxygen atoms in total. The third kappa shape index (κ3) is 6.02. The summed E-state index contributed by atoms with van der Waals surface area (Å²) in [5.74, 6) is 0.496. The number of amides is 1. The van der Waals surface area contributed by atoms with Gasteiger partial charge in [0.25, 0.3) is 5.91 Å². The second-order valence-corrected chi connectivity index (χ2v) is 5.87. The predicted octanol–water partition coefficient (Wildman–Crippen LogP) is 2.68. The van der Waals surface area contributed by atoms with Crippen LogP contribution in [0.5, 0.6) is 5.75 Å². The van der Waals surface area contributed by atoms with Crippen LogP contribution < -0.4 is 15.4 Å². The van der Waals surface area contributed by atoms with E-state index in [2.05, 4.69) is 10.6 Å².